The summed E-state index contributed by atoms with van der Waals surface area (Å²) in [6.07, 6.45) is 3.27. The molecule has 118 valence electrons. The fourth-order valence-electron chi connectivity index (χ4n) is 2.31. The molecule has 1 fully saturated rings. The van der Waals surface area contributed by atoms with E-state index in [1.807, 2.05) is 20.8 Å². The first kappa shape index (κ1) is 17.4. The minimum Gasteiger partial charge on any atom is -0.377 e. The lowest BCUT2D eigenvalue weighted by Crippen LogP contribution is -2.57. The van der Waals surface area contributed by atoms with Gasteiger partial charge in [-0.15, -0.1) is 0 Å². The third-order valence-electron chi connectivity index (χ3n) is 4.00. The molecule has 0 spiro atoms. The molecule has 1 aliphatic carbocycles. The van der Waals surface area contributed by atoms with Gasteiger partial charge in [-0.05, 0) is 54.0 Å². The van der Waals surface area contributed by atoms with E-state index in [0.717, 1.165) is 25.8 Å². The highest BCUT2D eigenvalue weighted by Gasteiger charge is 2.38. The summed E-state index contributed by atoms with van der Waals surface area (Å²) < 4.78 is 5.57. The number of rotatable bonds is 10. The summed E-state index contributed by atoms with van der Waals surface area (Å²) in [5.41, 5.74) is 4.97. The number of nitrogens with two attached hydrogens (primary N) is 1. The summed E-state index contributed by atoms with van der Waals surface area (Å²) in [6.45, 7) is 9.69. The van der Waals surface area contributed by atoms with Crippen LogP contribution in [0.5, 0.6) is 0 Å². The van der Waals surface area contributed by atoms with E-state index in [-0.39, 0.29) is 18.1 Å². The molecule has 0 aromatic rings. The molecule has 0 radical (unpaired) electrons. The zero-order chi connectivity index (χ0) is 15.3. The quantitative estimate of drug-likeness (QED) is 0.631. The van der Waals surface area contributed by atoms with Gasteiger partial charge >= 0.3 is 0 Å². The second kappa shape index (κ2) is 7.38. The molecule has 1 aliphatic rings. The second-order valence-electron chi connectivity index (χ2n) is 6.57. The molecule has 0 heterocycles. The molecule has 5 nitrogen and oxygen atoms in total. The first-order chi connectivity index (χ1) is 9.24. The minimum atomic E-state index is -0.617. The maximum absolute atomic E-state index is 11.8. The van der Waals surface area contributed by atoms with Crippen molar-refractivity contribution >= 4 is 5.91 Å². The molecule has 0 aromatic carbocycles. The average molecular weight is 285 g/mol. The van der Waals surface area contributed by atoms with Crippen LogP contribution in [0.25, 0.3) is 0 Å². The fraction of sp³-hybridized carbons (Fsp3) is 0.933. The maximum atomic E-state index is 11.8. The van der Waals surface area contributed by atoms with Crippen molar-refractivity contribution in [1.82, 2.24) is 10.2 Å². The molecule has 2 unspecified atom stereocenters. The molecular formula is C15H31N3O2. The first-order valence-electron chi connectivity index (χ1n) is 7.64. The van der Waals surface area contributed by atoms with Gasteiger partial charge in [-0.2, -0.15) is 0 Å². The van der Waals surface area contributed by atoms with Crippen LogP contribution in [0.15, 0.2) is 0 Å². The monoisotopic (exact) mass is 285 g/mol. The normalized spacial score (nSPS) is 20.1. The van der Waals surface area contributed by atoms with Gasteiger partial charge in [0.2, 0.25) is 5.91 Å². The van der Waals surface area contributed by atoms with Crippen LogP contribution in [0.1, 0.15) is 47.0 Å². The van der Waals surface area contributed by atoms with Crippen molar-refractivity contribution in [3.63, 3.8) is 0 Å². The maximum Gasteiger partial charge on any atom is 0.237 e. The number of nitrogens with one attached hydrogen (secondary N) is 1. The Kier molecular flexibility index (Phi) is 6.43. The second-order valence-corrected chi connectivity index (χ2v) is 6.57. The van der Waals surface area contributed by atoms with Crippen LogP contribution in [0, 0.1) is 0 Å². The fourth-order valence-corrected chi connectivity index (χ4v) is 2.31. The smallest absolute Gasteiger partial charge is 0.237 e. The summed E-state index contributed by atoms with van der Waals surface area (Å²) in [4.78, 5) is 14.0. The summed E-state index contributed by atoms with van der Waals surface area (Å²) in [7, 11) is 2.06. The van der Waals surface area contributed by atoms with Gasteiger partial charge in [-0.1, -0.05) is 0 Å². The van der Waals surface area contributed by atoms with Gasteiger partial charge in [0.25, 0.3) is 0 Å². The van der Waals surface area contributed by atoms with Crippen molar-refractivity contribution in [2.45, 2.75) is 70.7 Å². The third kappa shape index (κ3) is 5.77. The number of hydrogen-bond acceptors (Lipinski definition) is 4. The number of nitrogens with zero attached hydrogens (tertiary/aromatic N) is 1. The van der Waals surface area contributed by atoms with Crippen LogP contribution in [0.4, 0.5) is 0 Å². The van der Waals surface area contributed by atoms with Crippen LogP contribution in [-0.4, -0.2) is 54.7 Å². The lowest BCUT2D eigenvalue weighted by atomic mass is 9.92. The van der Waals surface area contributed by atoms with E-state index in [0.29, 0.717) is 12.6 Å². The standard InChI is InChI=1S/C15H31N3O2/c1-11(2)20-9-8-18(5)12(3)10-15(4,14(16)19)17-13-6-7-13/h11-13,17H,6-10H2,1-5H3,(H2,16,19). The number of hydrogen-bond donors (Lipinski definition) is 2. The Labute approximate surface area is 123 Å². The summed E-state index contributed by atoms with van der Waals surface area (Å²) in [5.74, 6) is -0.261. The van der Waals surface area contributed by atoms with Crippen LogP contribution in [0.2, 0.25) is 0 Å². The van der Waals surface area contributed by atoms with Crippen LogP contribution in [-0.2, 0) is 9.53 Å². The van der Waals surface area contributed by atoms with Crippen LogP contribution in [0.3, 0.4) is 0 Å². The number of carbonyl (C=O) groups is 1. The van der Waals surface area contributed by atoms with Gasteiger partial charge in [0.15, 0.2) is 0 Å². The SMILES string of the molecule is CC(C)OCCN(C)C(C)CC(C)(NC1CC1)C(N)=O. The van der Waals surface area contributed by atoms with Gasteiger partial charge < -0.3 is 20.7 Å². The van der Waals surface area contributed by atoms with E-state index >= 15 is 0 Å². The molecule has 1 saturated carbocycles. The lowest BCUT2D eigenvalue weighted by Gasteiger charge is -2.34. The topological polar surface area (TPSA) is 67.6 Å². The van der Waals surface area contributed by atoms with E-state index in [9.17, 15) is 4.79 Å². The van der Waals surface area contributed by atoms with Crippen molar-refractivity contribution < 1.29 is 9.53 Å². The Morgan fingerprint density at radius 3 is 2.50 bits per heavy atom. The van der Waals surface area contributed by atoms with Crippen molar-refractivity contribution in [1.29, 1.82) is 0 Å². The van der Waals surface area contributed by atoms with Gasteiger partial charge in [0, 0.05) is 18.6 Å². The van der Waals surface area contributed by atoms with Crippen molar-refractivity contribution in [2.24, 2.45) is 5.73 Å². The number of likely N-dealkylation sites (N-methyl/N-ethyl adjacent to an activating group) is 1. The van der Waals surface area contributed by atoms with E-state index in [4.69, 9.17) is 10.5 Å². The molecule has 20 heavy (non-hydrogen) atoms. The average Bonchev–Trinajstić information content (AvgIpc) is 3.11. The molecule has 0 aliphatic heterocycles. The third-order valence-corrected chi connectivity index (χ3v) is 4.00. The Morgan fingerprint density at radius 2 is 2.05 bits per heavy atom. The molecule has 5 heteroatoms. The zero-order valence-electron chi connectivity index (χ0n) is 13.6. The van der Waals surface area contributed by atoms with Gasteiger partial charge in [0.05, 0.1) is 18.2 Å². The molecule has 2 atom stereocenters. The highest BCUT2D eigenvalue weighted by molar-refractivity contribution is 5.84. The van der Waals surface area contributed by atoms with Crippen molar-refractivity contribution in [3.8, 4) is 0 Å². The van der Waals surface area contributed by atoms with Gasteiger partial charge in [0.1, 0.15) is 0 Å². The Bertz CT molecular complexity index is 318. The van der Waals surface area contributed by atoms with E-state index in [1.54, 1.807) is 0 Å². The van der Waals surface area contributed by atoms with Gasteiger partial charge in [-0.25, -0.2) is 0 Å². The molecule has 3 N–H and O–H groups in total. The number of amides is 1. The van der Waals surface area contributed by atoms with Gasteiger partial charge in [-0.3, -0.25) is 4.79 Å². The largest absolute Gasteiger partial charge is 0.377 e. The predicted octanol–water partition coefficient (Wildman–Crippen LogP) is 1.12. The molecule has 0 saturated heterocycles. The Hall–Kier alpha value is -0.650. The number of primary amides is 1. The lowest BCUT2D eigenvalue weighted by molar-refractivity contribution is -0.124. The number of ether oxygens (including phenoxy) is 1. The summed E-state index contributed by atoms with van der Waals surface area (Å²) in [5, 5.41) is 3.39. The van der Waals surface area contributed by atoms with Crippen molar-refractivity contribution in [3.05, 3.63) is 0 Å². The Balaban J connectivity index is 2.43. The molecular weight excluding hydrogens is 254 g/mol. The molecule has 1 rings (SSSR count). The van der Waals surface area contributed by atoms with E-state index in [1.165, 1.54) is 0 Å². The number of carbonyl (C=O) groups excluding carboxylic acids is 1. The summed E-state index contributed by atoms with van der Waals surface area (Å²) >= 11 is 0. The highest BCUT2D eigenvalue weighted by atomic mass is 16.5. The molecule has 0 aromatic heterocycles. The first-order valence-corrected chi connectivity index (χ1v) is 7.64. The minimum absolute atomic E-state index is 0.256. The summed E-state index contributed by atoms with van der Waals surface area (Å²) in [6, 6.07) is 0.740. The highest BCUT2D eigenvalue weighted by Crippen LogP contribution is 2.25. The van der Waals surface area contributed by atoms with Crippen LogP contribution >= 0.6 is 0 Å². The van der Waals surface area contributed by atoms with Crippen molar-refractivity contribution in [2.75, 3.05) is 20.2 Å². The Morgan fingerprint density at radius 1 is 1.45 bits per heavy atom. The molecule has 1 amide bonds. The molecule has 0 bridgehead atoms. The zero-order valence-corrected chi connectivity index (χ0v) is 13.6. The van der Waals surface area contributed by atoms with Crippen LogP contribution < -0.4 is 11.1 Å². The van der Waals surface area contributed by atoms with E-state index in [2.05, 4.69) is 24.2 Å². The predicted molar refractivity (Wildman–Crippen MR) is 81.6 cm³/mol. The van der Waals surface area contributed by atoms with E-state index < -0.39 is 5.54 Å².